The number of amides is 2. The minimum absolute atomic E-state index is 0.0200. The van der Waals surface area contributed by atoms with Gasteiger partial charge in [0.1, 0.15) is 18.2 Å². The monoisotopic (exact) mass is 406 g/mol. The highest BCUT2D eigenvalue weighted by atomic mass is 79.9. The van der Waals surface area contributed by atoms with Crippen LogP contribution in [0.1, 0.15) is 12.8 Å². The molecule has 2 aromatic carbocycles. The first-order chi connectivity index (χ1) is 12.0. The van der Waals surface area contributed by atoms with E-state index in [9.17, 15) is 14.0 Å². The number of fused-ring (bicyclic) bond motifs is 1. The highest BCUT2D eigenvalue weighted by Crippen LogP contribution is 2.31. The first-order valence-corrected chi connectivity index (χ1v) is 8.61. The molecule has 2 aromatic rings. The number of carbonyl (C=O) groups excluding carboxylic acids is 2. The smallest absolute Gasteiger partial charge is 0.227 e. The van der Waals surface area contributed by atoms with Crippen molar-refractivity contribution in [1.29, 1.82) is 0 Å². The summed E-state index contributed by atoms with van der Waals surface area (Å²) in [5.74, 6) is -0.446. The van der Waals surface area contributed by atoms with Crippen LogP contribution < -0.4 is 15.0 Å². The van der Waals surface area contributed by atoms with Crippen molar-refractivity contribution in [3.8, 4) is 5.75 Å². The maximum atomic E-state index is 13.7. The maximum absolute atomic E-state index is 13.7. The van der Waals surface area contributed by atoms with Crippen molar-refractivity contribution in [1.82, 2.24) is 0 Å². The predicted molar refractivity (Wildman–Crippen MR) is 96.3 cm³/mol. The van der Waals surface area contributed by atoms with Crippen molar-refractivity contribution in [3.05, 3.63) is 52.8 Å². The Morgan fingerprint density at radius 3 is 2.80 bits per heavy atom. The summed E-state index contributed by atoms with van der Waals surface area (Å²) in [5, 5.41) is 2.48. The van der Waals surface area contributed by atoms with E-state index in [1.54, 1.807) is 17.0 Å². The average molecular weight is 407 g/mol. The third-order valence-corrected chi connectivity index (χ3v) is 4.29. The highest BCUT2D eigenvalue weighted by Gasteiger charge is 2.23. The lowest BCUT2D eigenvalue weighted by atomic mass is 10.2. The normalized spacial score (nSPS) is 13.0. The second kappa shape index (κ2) is 7.65. The predicted octanol–water partition coefficient (Wildman–Crippen LogP) is 3.73. The van der Waals surface area contributed by atoms with Crippen molar-refractivity contribution in [2.24, 2.45) is 0 Å². The number of halogens is 2. The van der Waals surface area contributed by atoms with Gasteiger partial charge in [-0.3, -0.25) is 9.59 Å². The van der Waals surface area contributed by atoms with Gasteiger partial charge in [0, 0.05) is 17.3 Å². The molecule has 2 amide bonds. The number of anilines is 2. The Kier molecular flexibility index (Phi) is 5.33. The molecule has 0 saturated heterocycles. The summed E-state index contributed by atoms with van der Waals surface area (Å²) in [6.45, 7) is 0.859. The van der Waals surface area contributed by atoms with Crippen molar-refractivity contribution >= 4 is 39.1 Å². The minimum atomic E-state index is -0.531. The number of carbonyl (C=O) groups is 2. The molecule has 1 aliphatic rings. The molecule has 0 spiro atoms. The SMILES string of the molecule is O=C(CCC(=O)N1CCOc2ccccc21)Nc1ccc(Br)cc1F. The van der Waals surface area contributed by atoms with Crippen LogP contribution in [-0.4, -0.2) is 25.0 Å². The molecule has 3 rings (SSSR count). The van der Waals surface area contributed by atoms with Crippen molar-refractivity contribution in [2.75, 3.05) is 23.4 Å². The third kappa shape index (κ3) is 4.17. The summed E-state index contributed by atoms with van der Waals surface area (Å²) in [6, 6.07) is 11.7. The van der Waals surface area contributed by atoms with Crippen LogP contribution in [0.15, 0.2) is 46.9 Å². The summed E-state index contributed by atoms with van der Waals surface area (Å²) in [5.41, 5.74) is 0.801. The van der Waals surface area contributed by atoms with Gasteiger partial charge in [-0.15, -0.1) is 0 Å². The van der Waals surface area contributed by atoms with E-state index in [2.05, 4.69) is 21.2 Å². The summed E-state index contributed by atoms with van der Waals surface area (Å²) in [4.78, 5) is 26.1. The van der Waals surface area contributed by atoms with Gasteiger partial charge in [-0.05, 0) is 30.3 Å². The lowest BCUT2D eigenvalue weighted by Crippen LogP contribution is -2.38. The zero-order valence-corrected chi connectivity index (χ0v) is 14.9. The quantitative estimate of drug-likeness (QED) is 0.841. The molecule has 0 saturated carbocycles. The minimum Gasteiger partial charge on any atom is -0.490 e. The Morgan fingerprint density at radius 2 is 2.00 bits per heavy atom. The van der Waals surface area contributed by atoms with Gasteiger partial charge in [0.05, 0.1) is 17.9 Å². The average Bonchev–Trinajstić information content (AvgIpc) is 2.61. The van der Waals surface area contributed by atoms with Crippen molar-refractivity contribution in [3.63, 3.8) is 0 Å². The maximum Gasteiger partial charge on any atom is 0.227 e. The number of rotatable bonds is 4. The number of hydrogen-bond donors (Lipinski definition) is 1. The molecule has 1 aliphatic heterocycles. The molecule has 0 radical (unpaired) electrons. The molecule has 0 fully saturated rings. The Bertz CT molecular complexity index is 813. The zero-order chi connectivity index (χ0) is 17.8. The fraction of sp³-hybridized carbons (Fsp3) is 0.222. The van der Waals surface area contributed by atoms with Crippen molar-refractivity contribution < 1.29 is 18.7 Å². The van der Waals surface area contributed by atoms with E-state index >= 15 is 0 Å². The van der Waals surface area contributed by atoms with Crippen LogP contribution in [0.2, 0.25) is 0 Å². The Morgan fingerprint density at radius 1 is 1.20 bits per heavy atom. The topological polar surface area (TPSA) is 58.6 Å². The molecule has 0 unspecified atom stereocenters. The van der Waals surface area contributed by atoms with Crippen LogP contribution in [-0.2, 0) is 9.59 Å². The Hall–Kier alpha value is -2.41. The molecule has 130 valence electrons. The summed E-state index contributed by atoms with van der Waals surface area (Å²) in [6.07, 6.45) is 0.0200. The number of nitrogens with zero attached hydrogens (tertiary/aromatic N) is 1. The van der Waals surface area contributed by atoms with Crippen LogP contribution in [0.25, 0.3) is 0 Å². The molecular weight excluding hydrogens is 391 g/mol. The van der Waals surface area contributed by atoms with Crippen molar-refractivity contribution in [2.45, 2.75) is 12.8 Å². The van der Waals surface area contributed by atoms with Gasteiger partial charge in [0.25, 0.3) is 0 Å². The molecule has 0 bridgehead atoms. The van der Waals surface area contributed by atoms with Gasteiger partial charge in [0.15, 0.2) is 0 Å². The van der Waals surface area contributed by atoms with E-state index < -0.39 is 11.7 Å². The number of ether oxygens (including phenoxy) is 1. The molecule has 5 nitrogen and oxygen atoms in total. The van der Waals surface area contributed by atoms with Crippen LogP contribution in [0.5, 0.6) is 5.75 Å². The zero-order valence-electron chi connectivity index (χ0n) is 13.3. The van der Waals surface area contributed by atoms with E-state index in [1.165, 1.54) is 12.1 Å². The largest absolute Gasteiger partial charge is 0.490 e. The summed E-state index contributed by atoms with van der Waals surface area (Å²) >= 11 is 3.16. The molecule has 0 aromatic heterocycles. The fourth-order valence-corrected chi connectivity index (χ4v) is 2.92. The van der Waals surface area contributed by atoms with E-state index in [0.717, 1.165) is 0 Å². The molecule has 25 heavy (non-hydrogen) atoms. The Labute approximate surface area is 152 Å². The summed E-state index contributed by atoms with van der Waals surface area (Å²) in [7, 11) is 0. The first kappa shape index (κ1) is 17.4. The van der Waals surface area contributed by atoms with E-state index in [-0.39, 0.29) is 24.4 Å². The van der Waals surface area contributed by atoms with Gasteiger partial charge in [-0.1, -0.05) is 28.1 Å². The molecular formula is C18H16BrFN2O3. The van der Waals surface area contributed by atoms with Gasteiger partial charge in [-0.25, -0.2) is 4.39 Å². The molecule has 7 heteroatoms. The van der Waals surface area contributed by atoms with Gasteiger partial charge in [-0.2, -0.15) is 0 Å². The fourth-order valence-electron chi connectivity index (χ4n) is 2.59. The molecule has 0 atom stereocenters. The number of hydrogen-bond acceptors (Lipinski definition) is 3. The molecule has 0 aliphatic carbocycles. The van der Waals surface area contributed by atoms with Gasteiger partial charge >= 0.3 is 0 Å². The second-order valence-corrected chi connectivity index (χ2v) is 6.45. The lowest BCUT2D eigenvalue weighted by Gasteiger charge is -2.29. The first-order valence-electron chi connectivity index (χ1n) is 7.81. The number of nitrogens with one attached hydrogen (secondary N) is 1. The van der Waals surface area contributed by atoms with Crippen LogP contribution in [0.4, 0.5) is 15.8 Å². The standard InChI is InChI=1S/C18H16BrFN2O3/c19-12-5-6-14(13(20)11-12)21-17(23)7-8-18(24)22-9-10-25-16-4-2-1-3-15(16)22/h1-6,11H,7-10H2,(H,21,23). The highest BCUT2D eigenvalue weighted by molar-refractivity contribution is 9.10. The number of benzene rings is 2. The van der Waals surface area contributed by atoms with E-state index in [1.807, 2.05) is 18.2 Å². The van der Waals surface area contributed by atoms with E-state index in [4.69, 9.17) is 4.74 Å². The van der Waals surface area contributed by atoms with Crippen LogP contribution in [0.3, 0.4) is 0 Å². The molecule has 1 heterocycles. The van der Waals surface area contributed by atoms with Gasteiger partial charge < -0.3 is 15.0 Å². The summed E-state index contributed by atoms with van der Waals surface area (Å²) < 4.78 is 19.8. The van der Waals surface area contributed by atoms with E-state index in [0.29, 0.717) is 29.1 Å². The molecule has 1 N–H and O–H groups in total. The lowest BCUT2D eigenvalue weighted by molar-refractivity contribution is -0.122. The van der Waals surface area contributed by atoms with Gasteiger partial charge in [0.2, 0.25) is 11.8 Å². The van der Waals surface area contributed by atoms with Crippen LogP contribution in [0, 0.1) is 5.82 Å². The third-order valence-electron chi connectivity index (χ3n) is 3.80. The van der Waals surface area contributed by atoms with Crippen LogP contribution >= 0.6 is 15.9 Å². The Balaban J connectivity index is 1.58. The number of para-hydroxylation sites is 2. The second-order valence-electron chi connectivity index (χ2n) is 5.53.